The summed E-state index contributed by atoms with van der Waals surface area (Å²) in [5.41, 5.74) is 1.32. The molecule has 1 heterocycles. The molecule has 0 unspecified atom stereocenters. The molecule has 1 aromatic heterocycles. The maximum atomic E-state index is 3.46. The summed E-state index contributed by atoms with van der Waals surface area (Å²) in [7, 11) is 0. The van der Waals surface area contributed by atoms with E-state index in [4.69, 9.17) is 0 Å². The fourth-order valence-electron chi connectivity index (χ4n) is 1.63. The van der Waals surface area contributed by atoms with Crippen molar-refractivity contribution in [3.63, 3.8) is 0 Å². The summed E-state index contributed by atoms with van der Waals surface area (Å²) in [6.45, 7) is 2.24. The lowest BCUT2D eigenvalue weighted by Crippen LogP contribution is -1.76. The molecule has 0 aliphatic heterocycles. The Morgan fingerprint density at radius 1 is 1.06 bits per heavy atom. The molecule has 2 heteroatoms. The second-order valence-corrected chi connectivity index (χ2v) is 5.96. The first-order chi connectivity index (χ1) is 7.79. The Morgan fingerprint density at radius 3 is 2.50 bits per heavy atom. The molecule has 0 amide bonds. The third-order valence-electron chi connectivity index (χ3n) is 2.57. The van der Waals surface area contributed by atoms with Gasteiger partial charge in [-0.3, -0.25) is 0 Å². The Bertz CT molecular complexity index is 442. The van der Waals surface area contributed by atoms with Gasteiger partial charge in [0.25, 0.3) is 0 Å². The van der Waals surface area contributed by atoms with Crippen LogP contribution in [0.1, 0.15) is 24.6 Å². The van der Waals surface area contributed by atoms with Crippen LogP contribution in [0.4, 0.5) is 0 Å². The first-order valence-electron chi connectivity index (χ1n) is 5.64. The third kappa shape index (κ3) is 2.96. The van der Waals surface area contributed by atoms with Crippen molar-refractivity contribution in [3.8, 4) is 10.4 Å². The molecule has 0 N–H and O–H groups in total. The number of unbranched alkanes of at least 4 members (excludes halogenated alkanes) is 1. The first-order valence-corrected chi connectivity index (χ1v) is 7.25. The van der Waals surface area contributed by atoms with E-state index in [9.17, 15) is 0 Å². The quantitative estimate of drug-likeness (QED) is 0.696. The van der Waals surface area contributed by atoms with Crippen LogP contribution in [0.2, 0.25) is 0 Å². The lowest BCUT2D eigenvalue weighted by atomic mass is 10.2. The smallest absolute Gasteiger partial charge is 0.0345 e. The second-order valence-electron chi connectivity index (χ2n) is 3.88. The van der Waals surface area contributed by atoms with Crippen LogP contribution in [0.25, 0.3) is 10.4 Å². The highest BCUT2D eigenvalue weighted by molar-refractivity contribution is 9.10. The largest absolute Gasteiger partial charge is 0.140 e. The van der Waals surface area contributed by atoms with E-state index in [1.807, 2.05) is 11.3 Å². The molecule has 84 valence electrons. The maximum Gasteiger partial charge on any atom is 0.0345 e. The molecule has 16 heavy (non-hydrogen) atoms. The predicted molar refractivity (Wildman–Crippen MR) is 76.1 cm³/mol. The molecule has 0 saturated heterocycles. The van der Waals surface area contributed by atoms with Crippen LogP contribution in [-0.2, 0) is 6.42 Å². The summed E-state index contributed by atoms with van der Waals surface area (Å²) < 4.78 is 1.14. The minimum absolute atomic E-state index is 1.14. The Hall–Kier alpha value is -0.600. The van der Waals surface area contributed by atoms with Crippen LogP contribution in [0.15, 0.2) is 40.9 Å². The Labute approximate surface area is 109 Å². The number of hydrogen-bond acceptors (Lipinski definition) is 1. The number of rotatable bonds is 4. The molecule has 0 spiro atoms. The monoisotopic (exact) mass is 294 g/mol. The normalized spacial score (nSPS) is 10.6. The molecular formula is C14H15BrS. The molecule has 0 saturated carbocycles. The fourth-order valence-corrected chi connectivity index (χ4v) is 2.95. The zero-order chi connectivity index (χ0) is 11.4. The van der Waals surface area contributed by atoms with Gasteiger partial charge in [-0.15, -0.1) is 11.3 Å². The minimum atomic E-state index is 1.14. The minimum Gasteiger partial charge on any atom is -0.140 e. The molecule has 0 fully saturated rings. The summed E-state index contributed by atoms with van der Waals surface area (Å²) >= 11 is 5.38. The van der Waals surface area contributed by atoms with Gasteiger partial charge in [0.1, 0.15) is 0 Å². The van der Waals surface area contributed by atoms with Crippen molar-refractivity contribution < 1.29 is 0 Å². The zero-order valence-electron chi connectivity index (χ0n) is 9.37. The van der Waals surface area contributed by atoms with E-state index in [1.54, 1.807) is 0 Å². The molecule has 0 aliphatic carbocycles. The van der Waals surface area contributed by atoms with Crippen LogP contribution in [0.3, 0.4) is 0 Å². The number of aryl methyl sites for hydroxylation is 1. The Kier molecular flexibility index (Phi) is 4.19. The van der Waals surface area contributed by atoms with Gasteiger partial charge in [-0.2, -0.15) is 0 Å². The second kappa shape index (κ2) is 5.65. The van der Waals surface area contributed by atoms with Crippen LogP contribution >= 0.6 is 27.3 Å². The summed E-state index contributed by atoms with van der Waals surface area (Å²) in [5, 5.41) is 0. The standard InChI is InChI=1S/C14H15BrS/c1-2-3-4-13-9-10-14(16-13)11-5-7-12(15)8-6-11/h5-10H,2-4H2,1H3. The number of thiophene rings is 1. The molecule has 2 rings (SSSR count). The number of benzene rings is 1. The van der Waals surface area contributed by atoms with Gasteiger partial charge < -0.3 is 0 Å². The zero-order valence-corrected chi connectivity index (χ0v) is 11.8. The highest BCUT2D eigenvalue weighted by Crippen LogP contribution is 2.29. The van der Waals surface area contributed by atoms with Crippen molar-refractivity contribution in [3.05, 3.63) is 45.7 Å². The average Bonchev–Trinajstić information content (AvgIpc) is 2.76. The Balaban J connectivity index is 2.15. The first kappa shape index (κ1) is 11.9. The van der Waals surface area contributed by atoms with Crippen molar-refractivity contribution >= 4 is 27.3 Å². The topological polar surface area (TPSA) is 0 Å². The van der Waals surface area contributed by atoms with Crippen molar-refractivity contribution in [2.24, 2.45) is 0 Å². The molecule has 0 radical (unpaired) electrons. The van der Waals surface area contributed by atoms with Gasteiger partial charge in [-0.25, -0.2) is 0 Å². The van der Waals surface area contributed by atoms with Crippen molar-refractivity contribution in [1.82, 2.24) is 0 Å². The summed E-state index contributed by atoms with van der Waals surface area (Å²) in [4.78, 5) is 2.87. The van der Waals surface area contributed by atoms with Crippen LogP contribution in [0.5, 0.6) is 0 Å². The van der Waals surface area contributed by atoms with E-state index < -0.39 is 0 Å². The number of hydrogen-bond donors (Lipinski definition) is 0. The van der Waals surface area contributed by atoms with Gasteiger partial charge in [-0.05, 0) is 42.7 Å². The molecule has 1 aromatic carbocycles. The summed E-state index contributed by atoms with van der Waals surface area (Å²) in [5.74, 6) is 0. The summed E-state index contributed by atoms with van der Waals surface area (Å²) in [6.07, 6.45) is 3.78. The highest BCUT2D eigenvalue weighted by atomic mass is 79.9. The number of halogens is 1. The van der Waals surface area contributed by atoms with Gasteiger partial charge >= 0.3 is 0 Å². The lowest BCUT2D eigenvalue weighted by Gasteiger charge is -1.97. The highest BCUT2D eigenvalue weighted by Gasteiger charge is 2.02. The molecule has 0 bridgehead atoms. The Morgan fingerprint density at radius 2 is 1.81 bits per heavy atom. The predicted octanol–water partition coefficient (Wildman–Crippen LogP) is 5.52. The molecule has 0 atom stereocenters. The molecule has 2 aromatic rings. The van der Waals surface area contributed by atoms with Gasteiger partial charge in [0.15, 0.2) is 0 Å². The van der Waals surface area contributed by atoms with Crippen LogP contribution in [0, 0.1) is 0 Å². The van der Waals surface area contributed by atoms with E-state index in [1.165, 1.54) is 34.6 Å². The van der Waals surface area contributed by atoms with Gasteiger partial charge in [0.2, 0.25) is 0 Å². The third-order valence-corrected chi connectivity index (χ3v) is 4.29. The summed E-state index contributed by atoms with van der Waals surface area (Å²) in [6, 6.07) is 13.0. The average molecular weight is 295 g/mol. The van der Waals surface area contributed by atoms with Crippen molar-refractivity contribution in [2.45, 2.75) is 26.2 Å². The van der Waals surface area contributed by atoms with Crippen LogP contribution in [-0.4, -0.2) is 0 Å². The van der Waals surface area contributed by atoms with Crippen molar-refractivity contribution in [2.75, 3.05) is 0 Å². The van der Waals surface area contributed by atoms with Crippen LogP contribution < -0.4 is 0 Å². The van der Waals surface area contributed by atoms with E-state index in [-0.39, 0.29) is 0 Å². The van der Waals surface area contributed by atoms with E-state index in [2.05, 4.69) is 59.3 Å². The SMILES string of the molecule is CCCCc1ccc(-c2ccc(Br)cc2)s1. The maximum absolute atomic E-state index is 3.46. The van der Waals surface area contributed by atoms with Gasteiger partial charge in [0, 0.05) is 14.2 Å². The van der Waals surface area contributed by atoms with E-state index in [0.29, 0.717) is 0 Å². The van der Waals surface area contributed by atoms with Gasteiger partial charge in [-0.1, -0.05) is 41.4 Å². The van der Waals surface area contributed by atoms with E-state index >= 15 is 0 Å². The van der Waals surface area contributed by atoms with E-state index in [0.717, 1.165) is 4.47 Å². The molecule has 0 aliphatic rings. The fraction of sp³-hybridized carbons (Fsp3) is 0.286. The molecule has 0 nitrogen and oxygen atoms in total. The van der Waals surface area contributed by atoms with Crippen molar-refractivity contribution in [1.29, 1.82) is 0 Å². The molecular weight excluding hydrogens is 280 g/mol. The van der Waals surface area contributed by atoms with Gasteiger partial charge in [0.05, 0.1) is 0 Å². The lowest BCUT2D eigenvalue weighted by molar-refractivity contribution is 0.804.